The number of ether oxygens (including phenoxy) is 1. The zero-order chi connectivity index (χ0) is 17.9. The summed E-state index contributed by atoms with van der Waals surface area (Å²) in [6, 6.07) is 6.86. The largest absolute Gasteiger partial charge is 0.573 e. The van der Waals surface area contributed by atoms with Crippen molar-refractivity contribution in [1.82, 2.24) is 4.98 Å². The second-order valence-corrected chi connectivity index (χ2v) is 5.35. The van der Waals surface area contributed by atoms with Gasteiger partial charge in [-0.2, -0.15) is 0 Å². The summed E-state index contributed by atoms with van der Waals surface area (Å²) in [5, 5.41) is 0.242. The van der Waals surface area contributed by atoms with Gasteiger partial charge in [-0.15, -0.1) is 13.2 Å². The summed E-state index contributed by atoms with van der Waals surface area (Å²) in [5.41, 5.74) is 6.06. The van der Waals surface area contributed by atoms with Crippen LogP contribution in [-0.4, -0.2) is 24.3 Å². The van der Waals surface area contributed by atoms with Crippen molar-refractivity contribution in [2.24, 2.45) is 5.73 Å². The number of amides is 1. The molecule has 0 spiro atoms. The molecule has 0 aliphatic rings. The quantitative estimate of drug-likeness (QED) is 0.888. The molecule has 0 bridgehead atoms. The molecule has 24 heavy (non-hydrogen) atoms. The lowest BCUT2D eigenvalue weighted by Crippen LogP contribution is -2.19. The molecule has 0 radical (unpaired) electrons. The monoisotopic (exact) mass is 359 g/mol. The standard InChI is InChI=1S/C15H13ClF3N3O2/c1-22(14-12(16)6-10(7-21-14)13(20)23)8-9-2-4-11(5-3-9)24-15(17,18)19/h2-7H,8H2,1H3,(H2,20,23). The molecule has 0 saturated heterocycles. The molecule has 2 rings (SSSR count). The van der Waals surface area contributed by atoms with E-state index in [1.54, 1.807) is 11.9 Å². The minimum absolute atomic E-state index is 0.186. The number of rotatable bonds is 5. The molecule has 1 amide bonds. The predicted molar refractivity (Wildman–Crippen MR) is 83.0 cm³/mol. The van der Waals surface area contributed by atoms with Crippen molar-refractivity contribution < 1.29 is 22.7 Å². The van der Waals surface area contributed by atoms with Crippen molar-refractivity contribution in [3.63, 3.8) is 0 Å². The molecule has 128 valence electrons. The Bertz CT molecular complexity index is 736. The number of primary amides is 1. The summed E-state index contributed by atoms with van der Waals surface area (Å²) in [6.45, 7) is 0.342. The van der Waals surface area contributed by atoms with Gasteiger partial charge in [0.1, 0.15) is 11.6 Å². The number of benzene rings is 1. The maximum Gasteiger partial charge on any atom is 0.573 e. The number of anilines is 1. The molecular formula is C15H13ClF3N3O2. The van der Waals surface area contributed by atoms with Crippen molar-refractivity contribution in [2.75, 3.05) is 11.9 Å². The van der Waals surface area contributed by atoms with Gasteiger partial charge >= 0.3 is 6.36 Å². The highest BCUT2D eigenvalue weighted by molar-refractivity contribution is 6.33. The van der Waals surface area contributed by atoms with Crippen LogP contribution in [0.5, 0.6) is 5.75 Å². The van der Waals surface area contributed by atoms with Gasteiger partial charge in [-0.25, -0.2) is 4.98 Å². The minimum atomic E-state index is -4.72. The van der Waals surface area contributed by atoms with Crippen molar-refractivity contribution in [2.45, 2.75) is 12.9 Å². The Morgan fingerprint density at radius 2 is 1.96 bits per heavy atom. The zero-order valence-electron chi connectivity index (χ0n) is 12.5. The Balaban J connectivity index is 2.09. The highest BCUT2D eigenvalue weighted by atomic mass is 35.5. The second-order valence-electron chi connectivity index (χ2n) is 4.94. The molecule has 2 aromatic rings. The topological polar surface area (TPSA) is 68.4 Å². The number of pyridine rings is 1. The van der Waals surface area contributed by atoms with Crippen LogP contribution in [0.15, 0.2) is 36.5 Å². The normalized spacial score (nSPS) is 11.2. The molecule has 1 aromatic carbocycles. The maximum absolute atomic E-state index is 12.1. The first kappa shape index (κ1) is 17.9. The van der Waals surface area contributed by atoms with E-state index in [0.717, 1.165) is 5.56 Å². The lowest BCUT2D eigenvalue weighted by Gasteiger charge is -2.20. The summed E-state index contributed by atoms with van der Waals surface area (Å²) in [4.78, 5) is 16.8. The van der Waals surface area contributed by atoms with E-state index in [1.807, 2.05) is 0 Å². The molecule has 0 saturated carbocycles. The van der Waals surface area contributed by atoms with E-state index in [9.17, 15) is 18.0 Å². The molecule has 0 aliphatic carbocycles. The molecule has 1 heterocycles. The van der Waals surface area contributed by atoms with Crippen LogP contribution in [0.25, 0.3) is 0 Å². The average molecular weight is 360 g/mol. The average Bonchev–Trinajstić information content (AvgIpc) is 2.47. The van der Waals surface area contributed by atoms with E-state index >= 15 is 0 Å². The summed E-state index contributed by atoms with van der Waals surface area (Å²) >= 11 is 6.08. The highest BCUT2D eigenvalue weighted by Gasteiger charge is 2.30. The number of hydrogen-bond donors (Lipinski definition) is 1. The van der Waals surface area contributed by atoms with Crippen LogP contribution in [0, 0.1) is 0 Å². The van der Waals surface area contributed by atoms with Crippen molar-refractivity contribution in [3.05, 3.63) is 52.7 Å². The smallest absolute Gasteiger partial charge is 0.406 e. The van der Waals surface area contributed by atoms with E-state index < -0.39 is 12.3 Å². The number of hydrogen-bond acceptors (Lipinski definition) is 4. The first-order valence-corrected chi connectivity index (χ1v) is 7.04. The van der Waals surface area contributed by atoms with Gasteiger partial charge in [-0.05, 0) is 23.8 Å². The molecule has 0 unspecified atom stereocenters. The third kappa shape index (κ3) is 4.76. The van der Waals surface area contributed by atoms with Crippen LogP contribution >= 0.6 is 11.6 Å². The van der Waals surface area contributed by atoms with Crippen LogP contribution in [0.2, 0.25) is 5.02 Å². The minimum Gasteiger partial charge on any atom is -0.406 e. The van der Waals surface area contributed by atoms with Gasteiger partial charge in [0.2, 0.25) is 5.91 Å². The molecule has 5 nitrogen and oxygen atoms in total. The number of carbonyl (C=O) groups excluding carboxylic acids is 1. The van der Waals surface area contributed by atoms with E-state index in [4.69, 9.17) is 17.3 Å². The summed E-state index contributed by atoms with van der Waals surface area (Å²) in [6.07, 6.45) is -3.42. The molecule has 0 fully saturated rings. The fourth-order valence-corrected chi connectivity index (χ4v) is 2.30. The number of alkyl halides is 3. The van der Waals surface area contributed by atoms with Gasteiger partial charge in [0, 0.05) is 19.8 Å². The van der Waals surface area contributed by atoms with Crippen molar-refractivity contribution in [3.8, 4) is 5.75 Å². The first-order valence-electron chi connectivity index (χ1n) is 6.67. The fraction of sp³-hybridized carbons (Fsp3) is 0.200. The molecule has 1 aromatic heterocycles. The molecule has 0 aliphatic heterocycles. The number of carbonyl (C=O) groups is 1. The SMILES string of the molecule is CN(Cc1ccc(OC(F)(F)F)cc1)c1ncc(C(N)=O)cc1Cl. The summed E-state index contributed by atoms with van der Waals surface area (Å²) < 4.78 is 40.2. The number of aromatic nitrogens is 1. The van der Waals surface area contributed by atoms with Crippen LogP contribution in [0.1, 0.15) is 15.9 Å². The Hall–Kier alpha value is -2.48. The van der Waals surface area contributed by atoms with Gasteiger partial charge in [-0.1, -0.05) is 23.7 Å². The number of halogens is 4. The zero-order valence-corrected chi connectivity index (χ0v) is 13.2. The lowest BCUT2D eigenvalue weighted by molar-refractivity contribution is -0.274. The van der Waals surface area contributed by atoms with E-state index in [1.165, 1.54) is 36.5 Å². The first-order chi connectivity index (χ1) is 11.2. The van der Waals surface area contributed by atoms with E-state index in [-0.39, 0.29) is 16.3 Å². The fourth-order valence-electron chi connectivity index (χ4n) is 1.99. The van der Waals surface area contributed by atoms with E-state index in [0.29, 0.717) is 12.4 Å². The van der Waals surface area contributed by atoms with Crippen LogP contribution < -0.4 is 15.4 Å². The van der Waals surface area contributed by atoms with Crippen LogP contribution in [-0.2, 0) is 6.54 Å². The van der Waals surface area contributed by atoms with Gasteiger partial charge in [0.05, 0.1) is 10.6 Å². The molecule has 9 heteroatoms. The van der Waals surface area contributed by atoms with Gasteiger partial charge < -0.3 is 15.4 Å². The van der Waals surface area contributed by atoms with Gasteiger partial charge in [0.15, 0.2) is 0 Å². The lowest BCUT2D eigenvalue weighted by atomic mass is 10.2. The van der Waals surface area contributed by atoms with Gasteiger partial charge in [0.25, 0.3) is 0 Å². The summed E-state index contributed by atoms with van der Waals surface area (Å²) in [7, 11) is 1.71. The third-order valence-corrected chi connectivity index (χ3v) is 3.32. The third-order valence-electron chi connectivity index (χ3n) is 3.04. The Labute approximate surface area is 140 Å². The van der Waals surface area contributed by atoms with Crippen LogP contribution in [0.4, 0.5) is 19.0 Å². The molecular weight excluding hydrogens is 347 g/mol. The predicted octanol–water partition coefficient (Wildman–Crippen LogP) is 3.37. The number of nitrogens with two attached hydrogens (primary N) is 1. The van der Waals surface area contributed by atoms with Crippen molar-refractivity contribution in [1.29, 1.82) is 0 Å². The van der Waals surface area contributed by atoms with Crippen LogP contribution in [0.3, 0.4) is 0 Å². The molecule has 0 atom stereocenters. The van der Waals surface area contributed by atoms with Crippen molar-refractivity contribution >= 4 is 23.3 Å². The summed E-state index contributed by atoms with van der Waals surface area (Å²) in [5.74, 6) is -0.521. The Morgan fingerprint density at radius 3 is 2.46 bits per heavy atom. The number of nitrogens with zero attached hydrogens (tertiary/aromatic N) is 2. The Kier molecular flexibility index (Phi) is 5.18. The maximum atomic E-state index is 12.1. The highest BCUT2D eigenvalue weighted by Crippen LogP contribution is 2.26. The Morgan fingerprint density at radius 1 is 1.33 bits per heavy atom. The van der Waals surface area contributed by atoms with Gasteiger partial charge in [-0.3, -0.25) is 4.79 Å². The second kappa shape index (κ2) is 6.96. The molecule has 2 N–H and O–H groups in total. The van der Waals surface area contributed by atoms with E-state index in [2.05, 4.69) is 9.72 Å².